The van der Waals surface area contributed by atoms with Crippen LogP contribution in [0.3, 0.4) is 0 Å². The van der Waals surface area contributed by atoms with E-state index in [2.05, 4.69) is 10.2 Å². The summed E-state index contributed by atoms with van der Waals surface area (Å²) in [6.07, 6.45) is 2.65. The van der Waals surface area contributed by atoms with E-state index in [4.69, 9.17) is 0 Å². The van der Waals surface area contributed by atoms with Gasteiger partial charge in [0.2, 0.25) is 5.79 Å². The maximum absolute atomic E-state index is 12.3. The molecule has 38 valence electrons. The van der Waals surface area contributed by atoms with E-state index in [0.29, 0.717) is 0 Å². The lowest BCUT2D eigenvalue weighted by atomic mass is 10.3. The number of halogens is 1. The zero-order chi connectivity index (χ0) is 5.33. The molecular formula is C4H5FN2. The molecule has 1 aliphatic heterocycles. The smallest absolute Gasteiger partial charge is 0.212 e. The molecule has 3 heteroatoms. The first-order valence-electron chi connectivity index (χ1n) is 1.99. The van der Waals surface area contributed by atoms with Crippen LogP contribution in [0.15, 0.2) is 22.5 Å². The van der Waals surface area contributed by atoms with Crippen molar-refractivity contribution in [1.29, 1.82) is 0 Å². The number of rotatable bonds is 0. The highest BCUT2D eigenvalue weighted by molar-refractivity contribution is 4.99. The third-order valence-corrected chi connectivity index (χ3v) is 0.699. The van der Waals surface area contributed by atoms with Crippen LogP contribution in [0.5, 0.6) is 0 Å². The summed E-state index contributed by atoms with van der Waals surface area (Å²) in [6.45, 7) is 1.35. The van der Waals surface area contributed by atoms with Crippen LogP contribution in [0.1, 0.15) is 6.92 Å². The molecule has 1 atom stereocenters. The summed E-state index contributed by atoms with van der Waals surface area (Å²) in [4.78, 5) is 0. The molecule has 0 aromatic heterocycles. The summed E-state index contributed by atoms with van der Waals surface area (Å²) in [5.41, 5.74) is 0. The van der Waals surface area contributed by atoms with E-state index in [1.807, 2.05) is 0 Å². The number of hydrogen-bond acceptors (Lipinski definition) is 2. The Balaban J connectivity index is 2.77. The topological polar surface area (TPSA) is 24.7 Å². The fourth-order valence-corrected chi connectivity index (χ4v) is 0.349. The van der Waals surface area contributed by atoms with E-state index >= 15 is 0 Å². The van der Waals surface area contributed by atoms with E-state index in [-0.39, 0.29) is 0 Å². The van der Waals surface area contributed by atoms with Gasteiger partial charge in [-0.1, -0.05) is 0 Å². The van der Waals surface area contributed by atoms with Crippen LogP contribution < -0.4 is 0 Å². The molecule has 7 heavy (non-hydrogen) atoms. The van der Waals surface area contributed by atoms with Gasteiger partial charge in [0.05, 0.1) is 6.20 Å². The van der Waals surface area contributed by atoms with Gasteiger partial charge in [0, 0.05) is 0 Å². The molecule has 1 aliphatic rings. The highest BCUT2D eigenvalue weighted by Crippen LogP contribution is 2.18. The molecule has 0 bridgehead atoms. The summed E-state index contributed by atoms with van der Waals surface area (Å²) >= 11 is 0. The minimum atomic E-state index is -1.53. The molecule has 0 N–H and O–H groups in total. The maximum Gasteiger partial charge on any atom is 0.237 e. The zero-order valence-corrected chi connectivity index (χ0v) is 3.93. The van der Waals surface area contributed by atoms with E-state index in [9.17, 15) is 4.39 Å². The van der Waals surface area contributed by atoms with Gasteiger partial charge in [-0.05, 0) is 13.0 Å². The third-order valence-electron chi connectivity index (χ3n) is 0.699. The molecule has 0 amide bonds. The summed E-state index contributed by atoms with van der Waals surface area (Å²) in [5.74, 6) is -1.53. The quantitative estimate of drug-likeness (QED) is 0.413. The van der Waals surface area contributed by atoms with Gasteiger partial charge >= 0.3 is 0 Å². The molecule has 0 radical (unpaired) electrons. The van der Waals surface area contributed by atoms with E-state index < -0.39 is 5.79 Å². The van der Waals surface area contributed by atoms with Gasteiger partial charge in [0.15, 0.2) is 0 Å². The first-order valence-corrected chi connectivity index (χ1v) is 1.99. The van der Waals surface area contributed by atoms with Crippen molar-refractivity contribution in [3.05, 3.63) is 12.3 Å². The molecule has 0 saturated carbocycles. The molecule has 0 aromatic carbocycles. The van der Waals surface area contributed by atoms with Crippen molar-refractivity contribution < 1.29 is 4.39 Å². The Labute approximate surface area is 40.8 Å². The highest BCUT2D eigenvalue weighted by atomic mass is 19.1. The molecule has 0 spiro atoms. The molecule has 1 heterocycles. The number of hydrogen-bond donors (Lipinski definition) is 0. The zero-order valence-electron chi connectivity index (χ0n) is 3.93. The van der Waals surface area contributed by atoms with Gasteiger partial charge in [-0.2, -0.15) is 5.11 Å². The fraction of sp³-hybridized carbons (Fsp3) is 0.500. The van der Waals surface area contributed by atoms with Crippen molar-refractivity contribution >= 4 is 0 Å². The Morgan fingerprint density at radius 2 is 2.43 bits per heavy atom. The Morgan fingerprint density at radius 1 is 1.71 bits per heavy atom. The number of nitrogens with zero attached hydrogens (tertiary/aromatic N) is 2. The lowest BCUT2D eigenvalue weighted by molar-refractivity contribution is 0.268. The Bertz CT molecular complexity index is 112. The van der Waals surface area contributed by atoms with E-state index in [1.54, 1.807) is 0 Å². The monoisotopic (exact) mass is 100 g/mol. The molecule has 1 rings (SSSR count). The van der Waals surface area contributed by atoms with E-state index in [1.165, 1.54) is 19.2 Å². The Hall–Kier alpha value is -0.730. The first kappa shape index (κ1) is 4.43. The largest absolute Gasteiger partial charge is 0.237 e. The molecule has 2 nitrogen and oxygen atoms in total. The van der Waals surface area contributed by atoms with Crippen molar-refractivity contribution in [2.24, 2.45) is 10.2 Å². The van der Waals surface area contributed by atoms with Crippen LogP contribution in [0.25, 0.3) is 0 Å². The summed E-state index contributed by atoms with van der Waals surface area (Å²) < 4.78 is 12.3. The SMILES string of the molecule is CC1(F)C=CN=N1. The Morgan fingerprint density at radius 3 is 2.57 bits per heavy atom. The van der Waals surface area contributed by atoms with Crippen molar-refractivity contribution in [3.63, 3.8) is 0 Å². The molecule has 0 aliphatic carbocycles. The van der Waals surface area contributed by atoms with Crippen molar-refractivity contribution in [3.8, 4) is 0 Å². The van der Waals surface area contributed by atoms with Crippen molar-refractivity contribution in [2.45, 2.75) is 12.7 Å². The van der Waals surface area contributed by atoms with Crippen LogP contribution in [0.2, 0.25) is 0 Å². The molecule has 0 fully saturated rings. The van der Waals surface area contributed by atoms with Gasteiger partial charge < -0.3 is 0 Å². The summed E-state index contributed by atoms with van der Waals surface area (Å²) in [5, 5.41) is 6.52. The summed E-state index contributed by atoms with van der Waals surface area (Å²) in [7, 11) is 0. The molecule has 0 aromatic rings. The van der Waals surface area contributed by atoms with Gasteiger partial charge in [-0.25, -0.2) is 4.39 Å². The second-order valence-corrected chi connectivity index (χ2v) is 1.56. The summed E-state index contributed by atoms with van der Waals surface area (Å²) in [6, 6.07) is 0. The second-order valence-electron chi connectivity index (χ2n) is 1.56. The normalized spacial score (nSPS) is 37.4. The van der Waals surface area contributed by atoms with Gasteiger partial charge in [0.25, 0.3) is 0 Å². The standard InChI is InChI=1S/C4H5FN2/c1-4(5)2-3-6-7-4/h2-3H,1H3. The lowest BCUT2D eigenvalue weighted by Gasteiger charge is -1.98. The van der Waals surface area contributed by atoms with Crippen LogP contribution in [0, 0.1) is 0 Å². The highest BCUT2D eigenvalue weighted by Gasteiger charge is 2.19. The molecule has 0 saturated heterocycles. The Kier molecular flexibility index (Phi) is 0.708. The molecule has 1 unspecified atom stereocenters. The van der Waals surface area contributed by atoms with E-state index in [0.717, 1.165) is 0 Å². The first-order chi connectivity index (χ1) is 3.21. The fourth-order valence-electron chi connectivity index (χ4n) is 0.349. The van der Waals surface area contributed by atoms with Crippen LogP contribution >= 0.6 is 0 Å². The minimum absolute atomic E-state index is 1.30. The number of alkyl halides is 1. The van der Waals surface area contributed by atoms with Crippen LogP contribution in [-0.4, -0.2) is 5.79 Å². The van der Waals surface area contributed by atoms with Crippen molar-refractivity contribution in [1.82, 2.24) is 0 Å². The maximum atomic E-state index is 12.3. The van der Waals surface area contributed by atoms with Gasteiger partial charge in [0.1, 0.15) is 0 Å². The third kappa shape index (κ3) is 0.824. The second kappa shape index (κ2) is 1.12. The van der Waals surface area contributed by atoms with Gasteiger partial charge in [-0.15, -0.1) is 5.11 Å². The minimum Gasteiger partial charge on any atom is -0.212 e. The van der Waals surface area contributed by atoms with Crippen molar-refractivity contribution in [2.75, 3.05) is 0 Å². The average molecular weight is 100 g/mol. The van der Waals surface area contributed by atoms with Crippen LogP contribution in [-0.2, 0) is 0 Å². The number of azo groups is 1. The van der Waals surface area contributed by atoms with Gasteiger partial charge in [-0.3, -0.25) is 0 Å². The van der Waals surface area contributed by atoms with Crippen LogP contribution in [0.4, 0.5) is 4.39 Å². The predicted molar refractivity (Wildman–Crippen MR) is 23.5 cm³/mol. The average Bonchev–Trinajstić information content (AvgIpc) is 1.84. The molecular weight excluding hydrogens is 95.1 g/mol. The predicted octanol–water partition coefficient (Wildman–Crippen LogP) is 1.65. The lowest BCUT2D eigenvalue weighted by Crippen LogP contribution is -2.04.